The quantitative estimate of drug-likeness (QED) is 0.608. The van der Waals surface area contributed by atoms with Gasteiger partial charge in [-0.05, 0) is 20.8 Å². The van der Waals surface area contributed by atoms with E-state index < -0.39 is 0 Å². The van der Waals surface area contributed by atoms with Gasteiger partial charge in [0, 0.05) is 20.3 Å². The van der Waals surface area contributed by atoms with Gasteiger partial charge in [-0.2, -0.15) is 0 Å². The highest BCUT2D eigenvalue weighted by Gasteiger charge is 1.94. The van der Waals surface area contributed by atoms with Crippen LogP contribution in [0.5, 0.6) is 0 Å². The molecule has 0 spiro atoms. The molecule has 0 rings (SSSR count). The Bertz CT molecular complexity index is 42.1. The molecule has 10 heavy (non-hydrogen) atoms. The largest absolute Gasteiger partial charge is 0.400 e. The van der Waals surface area contributed by atoms with E-state index in [1.54, 1.807) is 0 Å². The van der Waals surface area contributed by atoms with Crippen molar-refractivity contribution in [3.05, 3.63) is 0 Å². The molecule has 0 aliphatic rings. The van der Waals surface area contributed by atoms with Crippen LogP contribution in [-0.2, 0) is 9.47 Å². The summed E-state index contributed by atoms with van der Waals surface area (Å²) in [5, 5.41) is 7.00. The molecule has 0 heterocycles. The molecular weight excluding hydrogens is 132 g/mol. The fourth-order valence-corrected chi connectivity index (χ4v) is 0.518. The van der Waals surface area contributed by atoms with Crippen molar-refractivity contribution in [3.8, 4) is 0 Å². The van der Waals surface area contributed by atoms with Gasteiger partial charge in [-0.1, -0.05) is 0 Å². The molecule has 0 aromatic heterocycles. The van der Waals surface area contributed by atoms with Crippen LogP contribution < -0.4 is 0 Å². The summed E-state index contributed by atoms with van der Waals surface area (Å²) < 4.78 is 10.1. The average Bonchev–Trinajstić information content (AvgIpc) is 1.93. The van der Waals surface area contributed by atoms with Crippen LogP contribution in [0.15, 0.2) is 0 Å². The van der Waals surface area contributed by atoms with Gasteiger partial charge in [0.15, 0.2) is 6.29 Å². The summed E-state index contributed by atoms with van der Waals surface area (Å²) in [6.07, 6.45) is -0.0370. The Kier molecular flexibility index (Phi) is 14.6. The lowest BCUT2D eigenvalue weighted by atomic mass is 10.7. The first-order chi connectivity index (χ1) is 4.81. The second kappa shape index (κ2) is 11.6. The minimum absolute atomic E-state index is 0.0370. The lowest BCUT2D eigenvalue weighted by Crippen LogP contribution is -2.11. The Morgan fingerprint density at radius 3 is 1.60 bits per heavy atom. The average molecular weight is 150 g/mol. The topological polar surface area (TPSA) is 38.7 Å². The van der Waals surface area contributed by atoms with Gasteiger partial charge in [0.1, 0.15) is 0 Å². The van der Waals surface area contributed by atoms with Crippen molar-refractivity contribution in [2.24, 2.45) is 0 Å². The van der Waals surface area contributed by atoms with Crippen molar-refractivity contribution in [3.63, 3.8) is 0 Å². The molecule has 0 aliphatic carbocycles. The highest BCUT2D eigenvalue weighted by atomic mass is 16.7. The van der Waals surface area contributed by atoms with E-state index in [1.807, 2.05) is 20.8 Å². The Labute approximate surface area is 63.0 Å². The van der Waals surface area contributed by atoms with E-state index >= 15 is 0 Å². The third-order valence-corrected chi connectivity index (χ3v) is 0.803. The number of aliphatic hydroxyl groups excluding tert-OH is 1. The van der Waals surface area contributed by atoms with Gasteiger partial charge >= 0.3 is 0 Å². The molecule has 0 aliphatic heterocycles. The molecule has 64 valence electrons. The zero-order valence-electron chi connectivity index (χ0n) is 7.26. The first-order valence-corrected chi connectivity index (χ1v) is 3.49. The Balaban J connectivity index is 0. The van der Waals surface area contributed by atoms with Crippen LogP contribution in [-0.4, -0.2) is 31.7 Å². The van der Waals surface area contributed by atoms with Crippen LogP contribution in [0.4, 0.5) is 0 Å². The van der Waals surface area contributed by atoms with Crippen molar-refractivity contribution < 1.29 is 14.6 Å². The number of aliphatic hydroxyl groups is 1. The fourth-order valence-electron chi connectivity index (χ4n) is 0.518. The van der Waals surface area contributed by atoms with Gasteiger partial charge in [0.2, 0.25) is 0 Å². The zero-order chi connectivity index (χ0) is 8.41. The lowest BCUT2D eigenvalue weighted by Gasteiger charge is -2.09. The molecule has 0 bridgehead atoms. The molecule has 0 amide bonds. The van der Waals surface area contributed by atoms with E-state index in [9.17, 15) is 0 Å². The Morgan fingerprint density at radius 2 is 1.40 bits per heavy atom. The van der Waals surface area contributed by atoms with Gasteiger partial charge in [-0.15, -0.1) is 0 Å². The first kappa shape index (κ1) is 12.5. The minimum atomic E-state index is -0.0370. The molecule has 0 aromatic carbocycles. The third-order valence-electron chi connectivity index (χ3n) is 0.803. The van der Waals surface area contributed by atoms with Gasteiger partial charge in [0.05, 0.1) is 0 Å². The summed E-state index contributed by atoms with van der Waals surface area (Å²) in [7, 11) is 1.00. The van der Waals surface area contributed by atoms with Gasteiger partial charge in [0.25, 0.3) is 0 Å². The number of rotatable bonds is 4. The maximum Gasteiger partial charge on any atom is 0.154 e. The normalized spacial score (nSPS) is 9.00. The van der Waals surface area contributed by atoms with E-state index in [2.05, 4.69) is 0 Å². The maximum absolute atomic E-state index is 7.00. The van der Waals surface area contributed by atoms with Crippen LogP contribution in [0.25, 0.3) is 0 Å². The molecule has 1 N–H and O–H groups in total. The minimum Gasteiger partial charge on any atom is -0.400 e. The van der Waals surface area contributed by atoms with Crippen molar-refractivity contribution >= 4 is 0 Å². The number of ether oxygens (including phenoxy) is 2. The molecule has 0 radical (unpaired) electrons. The Morgan fingerprint density at radius 1 is 1.10 bits per heavy atom. The fraction of sp³-hybridized carbons (Fsp3) is 1.00. The smallest absolute Gasteiger partial charge is 0.154 e. The summed E-state index contributed by atoms with van der Waals surface area (Å²) in [6, 6.07) is 0. The van der Waals surface area contributed by atoms with E-state index in [0.717, 1.165) is 20.3 Å². The first-order valence-electron chi connectivity index (χ1n) is 3.49. The van der Waals surface area contributed by atoms with Gasteiger partial charge in [-0.25, -0.2) is 0 Å². The van der Waals surface area contributed by atoms with E-state index in [1.165, 1.54) is 0 Å². The third kappa shape index (κ3) is 10.8. The zero-order valence-corrected chi connectivity index (χ0v) is 7.26. The van der Waals surface area contributed by atoms with Gasteiger partial charge < -0.3 is 14.6 Å². The molecule has 3 heteroatoms. The van der Waals surface area contributed by atoms with Crippen LogP contribution in [0.3, 0.4) is 0 Å². The summed E-state index contributed by atoms with van der Waals surface area (Å²) >= 11 is 0. The van der Waals surface area contributed by atoms with E-state index in [-0.39, 0.29) is 6.29 Å². The molecule has 0 saturated heterocycles. The van der Waals surface area contributed by atoms with E-state index in [0.29, 0.717) is 0 Å². The molecule has 0 atom stereocenters. The summed E-state index contributed by atoms with van der Waals surface area (Å²) in [5.74, 6) is 0. The van der Waals surface area contributed by atoms with Crippen LogP contribution >= 0.6 is 0 Å². The number of hydrogen-bond acceptors (Lipinski definition) is 3. The summed E-state index contributed by atoms with van der Waals surface area (Å²) in [5.41, 5.74) is 0. The predicted octanol–water partition coefficient (Wildman–Crippen LogP) is 1.01. The van der Waals surface area contributed by atoms with Crippen molar-refractivity contribution in [2.45, 2.75) is 27.1 Å². The van der Waals surface area contributed by atoms with Crippen molar-refractivity contribution in [2.75, 3.05) is 20.3 Å². The highest BCUT2D eigenvalue weighted by molar-refractivity contribution is 4.26. The van der Waals surface area contributed by atoms with Crippen LogP contribution in [0.2, 0.25) is 0 Å². The molecule has 0 unspecified atom stereocenters. The summed E-state index contributed by atoms with van der Waals surface area (Å²) in [4.78, 5) is 0. The highest BCUT2D eigenvalue weighted by Crippen LogP contribution is 1.90. The van der Waals surface area contributed by atoms with Crippen molar-refractivity contribution in [1.82, 2.24) is 0 Å². The standard InChI is InChI=1S/C6H14O2.CH4O/c1-4-7-6(3)8-5-2;1-2/h6H,4-5H2,1-3H3;2H,1H3. The Hall–Kier alpha value is -0.120. The lowest BCUT2D eigenvalue weighted by molar-refractivity contribution is -0.123. The SMILES string of the molecule is CCOC(C)OCC.CO. The van der Waals surface area contributed by atoms with Crippen molar-refractivity contribution in [1.29, 1.82) is 0 Å². The molecule has 0 aromatic rings. The summed E-state index contributed by atoms with van der Waals surface area (Å²) in [6.45, 7) is 7.25. The van der Waals surface area contributed by atoms with Crippen LogP contribution in [0, 0.1) is 0 Å². The molecular formula is C7H18O3. The maximum atomic E-state index is 7.00. The second-order valence-corrected chi connectivity index (χ2v) is 1.48. The predicted molar refractivity (Wildman–Crippen MR) is 40.9 cm³/mol. The number of hydrogen-bond donors (Lipinski definition) is 1. The van der Waals surface area contributed by atoms with Gasteiger partial charge in [-0.3, -0.25) is 0 Å². The molecule has 0 fully saturated rings. The molecule has 3 nitrogen and oxygen atoms in total. The second-order valence-electron chi connectivity index (χ2n) is 1.48. The monoisotopic (exact) mass is 150 g/mol. The van der Waals surface area contributed by atoms with E-state index in [4.69, 9.17) is 14.6 Å². The molecule has 0 saturated carbocycles. The van der Waals surface area contributed by atoms with Crippen LogP contribution in [0.1, 0.15) is 20.8 Å².